The minimum Gasteiger partial charge on any atom is -0.395 e. The van der Waals surface area contributed by atoms with Gasteiger partial charge in [0.05, 0.1) is 12.3 Å². The molecule has 0 spiro atoms. The highest BCUT2D eigenvalue weighted by Gasteiger charge is 2.53. The average Bonchev–Trinajstić information content (AvgIpc) is 3.08. The quantitative estimate of drug-likeness (QED) is 0.388. The van der Waals surface area contributed by atoms with E-state index >= 15 is 0 Å². The van der Waals surface area contributed by atoms with Gasteiger partial charge < -0.3 is 25.0 Å². The Bertz CT molecular complexity index is 1060. The number of ether oxygens (including phenoxy) is 3. The maximum absolute atomic E-state index is 9.43. The van der Waals surface area contributed by atoms with Gasteiger partial charge >= 0.3 is 0 Å². The molecule has 2 aliphatic heterocycles. The van der Waals surface area contributed by atoms with E-state index in [1.54, 1.807) is 19.5 Å². The lowest BCUT2D eigenvalue weighted by Crippen LogP contribution is -2.70. The van der Waals surface area contributed by atoms with E-state index in [4.69, 9.17) is 49.0 Å². The van der Waals surface area contributed by atoms with Crippen LogP contribution in [0.2, 0.25) is 9.49 Å². The lowest BCUT2D eigenvalue weighted by molar-refractivity contribution is -0.272. The van der Waals surface area contributed by atoms with Gasteiger partial charge in [-0.1, -0.05) is 46.3 Å². The van der Waals surface area contributed by atoms with Crippen LogP contribution in [0, 0.1) is 11.3 Å². The van der Waals surface area contributed by atoms with Gasteiger partial charge in [0.15, 0.2) is 10.8 Å². The monoisotopic (exact) mass is 578 g/mol. The summed E-state index contributed by atoms with van der Waals surface area (Å²) >= 11 is 17.8. The topological polar surface area (TPSA) is 133 Å². The maximum Gasteiger partial charge on any atom is 0.159 e. The van der Waals surface area contributed by atoms with Gasteiger partial charge in [-0.25, -0.2) is 15.8 Å². The normalized spacial score (nSPS) is 27.4. The third kappa shape index (κ3) is 4.72. The maximum atomic E-state index is 9.43. The van der Waals surface area contributed by atoms with Crippen molar-refractivity contribution in [2.45, 2.75) is 34.7 Å². The summed E-state index contributed by atoms with van der Waals surface area (Å²) in [7, 11) is 1.57. The van der Waals surface area contributed by atoms with Crippen molar-refractivity contribution in [3.05, 3.63) is 43.1 Å². The summed E-state index contributed by atoms with van der Waals surface area (Å²) in [4.78, 5) is 8.96. The van der Waals surface area contributed by atoms with Crippen LogP contribution in [0.1, 0.15) is 10.7 Å². The number of aromatic nitrogens is 2. The highest BCUT2D eigenvalue weighted by molar-refractivity contribution is 9.10. The minimum absolute atomic E-state index is 0.182. The zero-order chi connectivity index (χ0) is 23.0. The summed E-state index contributed by atoms with van der Waals surface area (Å²) in [5.74, 6) is 6.41. The first-order valence-corrected chi connectivity index (χ1v) is 12.4. The summed E-state index contributed by atoms with van der Waals surface area (Å²) in [6, 6.07) is 3.50. The van der Waals surface area contributed by atoms with E-state index in [9.17, 15) is 5.26 Å². The molecule has 0 amide bonds. The Morgan fingerprint density at radius 3 is 2.91 bits per heavy atom. The number of pyridine rings is 1. The molecule has 9 nitrogen and oxygen atoms in total. The van der Waals surface area contributed by atoms with Crippen molar-refractivity contribution in [1.82, 2.24) is 15.0 Å². The van der Waals surface area contributed by atoms with E-state index in [-0.39, 0.29) is 17.4 Å². The number of hydrogen-bond acceptors (Lipinski definition) is 11. The summed E-state index contributed by atoms with van der Waals surface area (Å²) in [5.41, 5.74) is 6.31. The van der Waals surface area contributed by atoms with Crippen molar-refractivity contribution in [2.75, 3.05) is 13.7 Å². The Morgan fingerprint density at radius 2 is 2.31 bits per heavy atom. The van der Waals surface area contributed by atoms with Gasteiger partial charge in [-0.3, -0.25) is 0 Å². The molecule has 0 aromatic carbocycles. The van der Waals surface area contributed by atoms with Gasteiger partial charge in [0.25, 0.3) is 0 Å². The molecule has 2 aliphatic rings. The molecule has 0 aliphatic carbocycles. The molecular formula is C18H17BrCl2N6O3S2. The van der Waals surface area contributed by atoms with Crippen LogP contribution in [0.5, 0.6) is 0 Å². The molecule has 170 valence electrons. The molecule has 0 saturated carbocycles. The van der Waals surface area contributed by atoms with Crippen molar-refractivity contribution < 1.29 is 14.2 Å². The molecule has 0 bridgehead atoms. The van der Waals surface area contributed by atoms with Crippen molar-refractivity contribution in [3.63, 3.8) is 0 Å². The number of methoxy groups -OCH3 is 1. The average molecular weight is 580 g/mol. The number of nitriles is 1. The van der Waals surface area contributed by atoms with E-state index < -0.39 is 17.6 Å². The number of hydrogen-bond donors (Lipinski definition) is 2. The molecule has 2 saturated heterocycles. The molecule has 0 radical (unpaired) electrons. The van der Waals surface area contributed by atoms with Crippen LogP contribution in [-0.2, 0) is 14.2 Å². The van der Waals surface area contributed by atoms with Crippen molar-refractivity contribution in [3.8, 4) is 6.07 Å². The zero-order valence-corrected chi connectivity index (χ0v) is 21.2. The molecule has 5 atom stereocenters. The number of fused-ring (bicyclic) bond motifs is 1. The van der Waals surface area contributed by atoms with Crippen LogP contribution in [0.15, 0.2) is 27.8 Å². The second-order valence-corrected chi connectivity index (χ2v) is 10.9. The fourth-order valence-corrected chi connectivity index (χ4v) is 6.29. The third-order valence-electron chi connectivity index (χ3n) is 4.94. The van der Waals surface area contributed by atoms with E-state index in [0.717, 1.165) is 15.8 Å². The van der Waals surface area contributed by atoms with Gasteiger partial charge in [-0.2, -0.15) is 5.26 Å². The molecule has 4 rings (SSSR count). The van der Waals surface area contributed by atoms with Gasteiger partial charge in [-0.15, -0.1) is 0 Å². The molecule has 2 aromatic rings. The first kappa shape index (κ1) is 24.0. The number of rotatable bonds is 6. The molecule has 32 heavy (non-hydrogen) atoms. The molecule has 4 N–H and O–H groups in total. The number of nitrogens with two attached hydrogens (primary N) is 2. The third-order valence-corrected chi connectivity index (χ3v) is 8.33. The SMILES string of the molecule is COC1C(Sc2cc(Br)cnc2C#N)OC2COC2C1N(N)/C=C(\N)c1nc(Cl)c(Cl)s1. The number of thioether (sulfide) groups is 1. The van der Waals surface area contributed by atoms with Crippen LogP contribution >= 0.6 is 62.2 Å². The molecule has 14 heteroatoms. The van der Waals surface area contributed by atoms with Gasteiger partial charge in [0.1, 0.15) is 45.2 Å². The summed E-state index contributed by atoms with van der Waals surface area (Å²) < 4.78 is 18.8. The first-order valence-electron chi connectivity index (χ1n) is 9.17. The van der Waals surface area contributed by atoms with Crippen LogP contribution < -0.4 is 11.6 Å². The Hall–Kier alpha value is -1.14. The molecule has 4 heterocycles. The lowest BCUT2D eigenvalue weighted by Gasteiger charge is -2.53. The van der Waals surface area contributed by atoms with Crippen molar-refractivity contribution in [2.24, 2.45) is 11.6 Å². The zero-order valence-electron chi connectivity index (χ0n) is 16.4. The molecular weight excluding hydrogens is 563 g/mol. The summed E-state index contributed by atoms with van der Waals surface area (Å²) in [6.07, 6.45) is 2.12. The lowest BCUT2D eigenvalue weighted by atomic mass is 9.93. The number of halogens is 3. The van der Waals surface area contributed by atoms with Gasteiger partial charge in [0, 0.05) is 28.9 Å². The summed E-state index contributed by atoms with van der Waals surface area (Å²) in [6.45, 7) is 0.432. The Kier molecular flexibility index (Phi) is 7.50. The second-order valence-electron chi connectivity index (χ2n) is 6.88. The number of hydrazine groups is 1. The Morgan fingerprint density at radius 1 is 1.53 bits per heavy atom. The predicted octanol–water partition coefficient (Wildman–Crippen LogP) is 3.21. The van der Waals surface area contributed by atoms with Crippen LogP contribution in [0.25, 0.3) is 5.70 Å². The molecule has 2 aromatic heterocycles. The van der Waals surface area contributed by atoms with E-state index in [1.807, 2.05) is 6.07 Å². The van der Waals surface area contributed by atoms with E-state index in [0.29, 0.717) is 32.2 Å². The minimum atomic E-state index is -0.510. The fourth-order valence-electron chi connectivity index (χ4n) is 3.43. The smallest absolute Gasteiger partial charge is 0.159 e. The van der Waals surface area contributed by atoms with E-state index in [1.165, 1.54) is 16.8 Å². The Labute approximate surface area is 210 Å². The molecule has 2 fully saturated rings. The van der Waals surface area contributed by atoms with E-state index in [2.05, 4.69) is 32.0 Å². The van der Waals surface area contributed by atoms with Gasteiger partial charge in [-0.05, 0) is 22.0 Å². The number of nitrogens with zero attached hydrogens (tertiary/aromatic N) is 4. The molecule has 5 unspecified atom stereocenters. The highest BCUT2D eigenvalue weighted by atomic mass is 79.9. The van der Waals surface area contributed by atoms with Crippen LogP contribution in [0.4, 0.5) is 0 Å². The number of thiazole rings is 1. The van der Waals surface area contributed by atoms with Crippen LogP contribution in [0.3, 0.4) is 0 Å². The largest absolute Gasteiger partial charge is 0.395 e. The second kappa shape index (κ2) is 10.0. The highest BCUT2D eigenvalue weighted by Crippen LogP contribution is 2.41. The van der Waals surface area contributed by atoms with Gasteiger partial charge in [0.2, 0.25) is 0 Å². The predicted molar refractivity (Wildman–Crippen MR) is 126 cm³/mol. The van der Waals surface area contributed by atoms with Crippen molar-refractivity contribution >= 4 is 67.9 Å². The van der Waals surface area contributed by atoms with Crippen molar-refractivity contribution in [1.29, 1.82) is 5.26 Å². The fraction of sp³-hybridized carbons (Fsp3) is 0.389. The Balaban J connectivity index is 1.60. The standard InChI is InChI=1S/C18H17BrCl2N6O3S2/c1-28-14-12(27(24)5-8(23)17-26-15(20)16(21)32-17)13-10(6-29-13)30-18(14)31-11-2-7(19)4-25-9(11)3-22/h2,4-5,10,12-14,18H,6,23-24H2,1H3/b8-5-. The van der Waals surface area contributed by atoms with Crippen LogP contribution in [-0.4, -0.2) is 58.5 Å². The summed E-state index contributed by atoms with van der Waals surface area (Å²) in [5, 5.41) is 11.5. The first-order chi connectivity index (χ1) is 15.3.